The van der Waals surface area contributed by atoms with Crippen molar-refractivity contribution in [2.45, 2.75) is 6.42 Å². The summed E-state index contributed by atoms with van der Waals surface area (Å²) in [5.74, 6) is 0. The highest BCUT2D eigenvalue weighted by Gasteiger charge is 2.09. The molecule has 4 aromatic carbocycles. The molecule has 0 unspecified atom stereocenters. The van der Waals surface area contributed by atoms with Gasteiger partial charge in [-0.05, 0) is 50.1 Å². The summed E-state index contributed by atoms with van der Waals surface area (Å²) in [5, 5.41) is 12.0. The monoisotopic (exact) mass is 317 g/mol. The van der Waals surface area contributed by atoms with Gasteiger partial charge in [0.05, 0.1) is 0 Å². The minimum Gasteiger partial charge on any atom is -0.375 e. The third-order valence-corrected chi connectivity index (χ3v) is 4.29. The van der Waals surface area contributed by atoms with Gasteiger partial charge in [0.2, 0.25) is 0 Å². The van der Waals surface area contributed by atoms with E-state index in [4.69, 9.17) is 18.0 Å². The van der Waals surface area contributed by atoms with Crippen LogP contribution in [-0.4, -0.2) is 11.3 Å². The van der Waals surface area contributed by atoms with Gasteiger partial charge in [0.25, 0.3) is 0 Å². The fourth-order valence-corrected chi connectivity index (χ4v) is 3.28. The van der Waals surface area contributed by atoms with Crippen LogP contribution >= 0.6 is 12.2 Å². The van der Waals surface area contributed by atoms with Crippen LogP contribution in [-0.2, 0) is 6.42 Å². The summed E-state index contributed by atoms with van der Waals surface area (Å²) in [7, 11) is 0. The highest BCUT2D eigenvalue weighted by molar-refractivity contribution is 7.80. The minimum atomic E-state index is 0.177. The van der Waals surface area contributed by atoms with Gasteiger partial charge in [-0.25, -0.2) is 0 Å². The van der Waals surface area contributed by atoms with Crippen LogP contribution in [0, 0.1) is 0 Å². The fourth-order valence-electron chi connectivity index (χ4n) is 3.23. The highest BCUT2D eigenvalue weighted by Crippen LogP contribution is 2.35. The molecular weight excluding hydrogens is 302 g/mol. The molecule has 4 heteroatoms. The number of rotatable bonds is 3. The van der Waals surface area contributed by atoms with Crippen molar-refractivity contribution in [3.63, 3.8) is 0 Å². The molecule has 0 aliphatic rings. The predicted octanol–water partition coefficient (Wildman–Crippen LogP) is 3.95. The number of nitrogens with one attached hydrogen (secondary N) is 1. The Balaban J connectivity index is 1.89. The summed E-state index contributed by atoms with van der Waals surface area (Å²) < 4.78 is 0. The van der Waals surface area contributed by atoms with E-state index >= 15 is 0 Å². The largest absolute Gasteiger partial charge is 0.375 e. The average molecular weight is 317 g/mol. The zero-order chi connectivity index (χ0) is 15.8. The van der Waals surface area contributed by atoms with Crippen LogP contribution in [0.4, 0.5) is 0 Å². The molecule has 0 fully saturated rings. The number of nitrogens with two attached hydrogens (primary N) is 1. The molecule has 4 rings (SSSR count). The molecule has 23 heavy (non-hydrogen) atoms. The van der Waals surface area contributed by atoms with Crippen molar-refractivity contribution in [1.29, 1.82) is 0 Å². The molecule has 0 aliphatic heterocycles. The predicted molar refractivity (Wildman–Crippen MR) is 102 cm³/mol. The molecule has 0 saturated heterocycles. The lowest BCUT2D eigenvalue weighted by molar-refractivity contribution is 1.03. The van der Waals surface area contributed by atoms with E-state index < -0.39 is 0 Å². The number of hydrazone groups is 1. The molecular formula is C19H15N3S. The lowest BCUT2D eigenvalue weighted by atomic mass is 9.91. The van der Waals surface area contributed by atoms with Crippen molar-refractivity contribution < 1.29 is 0 Å². The van der Waals surface area contributed by atoms with E-state index in [0.29, 0.717) is 0 Å². The summed E-state index contributed by atoms with van der Waals surface area (Å²) in [6, 6.07) is 19.6. The van der Waals surface area contributed by atoms with Crippen LogP contribution in [0.15, 0.2) is 59.7 Å². The fraction of sp³-hybridized carbons (Fsp3) is 0.0526. The Bertz CT molecular complexity index is 1040. The Morgan fingerprint density at radius 3 is 2.35 bits per heavy atom. The lowest BCUT2D eigenvalue weighted by Crippen LogP contribution is -2.24. The molecule has 0 aliphatic carbocycles. The quantitative estimate of drug-likeness (QED) is 0.260. The van der Waals surface area contributed by atoms with Gasteiger partial charge in [0, 0.05) is 12.6 Å². The Labute approximate surface area is 139 Å². The van der Waals surface area contributed by atoms with E-state index in [0.717, 1.165) is 6.42 Å². The lowest BCUT2D eigenvalue weighted by Gasteiger charge is -2.13. The maximum atomic E-state index is 5.37. The topological polar surface area (TPSA) is 50.4 Å². The molecule has 3 N–H and O–H groups in total. The summed E-state index contributed by atoms with van der Waals surface area (Å²) >= 11 is 4.74. The van der Waals surface area contributed by atoms with E-state index in [1.54, 1.807) is 6.21 Å². The Hall–Kier alpha value is -2.72. The second kappa shape index (κ2) is 5.48. The van der Waals surface area contributed by atoms with Crippen molar-refractivity contribution in [3.05, 3.63) is 60.2 Å². The van der Waals surface area contributed by atoms with Crippen LogP contribution in [0.1, 0.15) is 5.56 Å². The Morgan fingerprint density at radius 2 is 1.61 bits per heavy atom. The van der Waals surface area contributed by atoms with Crippen LogP contribution in [0.3, 0.4) is 0 Å². The highest BCUT2D eigenvalue weighted by atomic mass is 32.1. The standard InChI is InChI=1S/C19H15N3S/c20-19(23)22-21-11-10-12-4-5-15-7-6-13-2-1-3-14-8-9-16(12)18(15)17(13)14/h1-9,11H,10H2,(H3,20,22,23)/b21-11+. The van der Waals surface area contributed by atoms with E-state index in [-0.39, 0.29) is 5.11 Å². The first kappa shape index (κ1) is 13.9. The van der Waals surface area contributed by atoms with Crippen LogP contribution < -0.4 is 11.2 Å². The van der Waals surface area contributed by atoms with Gasteiger partial charge >= 0.3 is 0 Å². The van der Waals surface area contributed by atoms with Crippen LogP contribution in [0.25, 0.3) is 32.3 Å². The molecule has 0 spiro atoms. The van der Waals surface area contributed by atoms with Gasteiger partial charge in [0.1, 0.15) is 0 Å². The maximum absolute atomic E-state index is 5.37. The third-order valence-electron chi connectivity index (χ3n) is 4.20. The van der Waals surface area contributed by atoms with Gasteiger partial charge in [0.15, 0.2) is 5.11 Å². The Morgan fingerprint density at radius 1 is 0.957 bits per heavy atom. The second-order valence-electron chi connectivity index (χ2n) is 5.57. The molecule has 0 amide bonds. The van der Waals surface area contributed by atoms with Gasteiger partial charge in [-0.15, -0.1) is 0 Å². The summed E-state index contributed by atoms with van der Waals surface area (Å²) in [6.07, 6.45) is 2.52. The molecule has 0 heterocycles. The van der Waals surface area contributed by atoms with E-state index in [9.17, 15) is 0 Å². The molecule has 0 atom stereocenters. The van der Waals surface area contributed by atoms with Gasteiger partial charge < -0.3 is 5.73 Å². The van der Waals surface area contributed by atoms with Crippen molar-refractivity contribution in [2.75, 3.05) is 0 Å². The van der Waals surface area contributed by atoms with Gasteiger partial charge in [-0.2, -0.15) is 5.10 Å². The SMILES string of the molecule is NC(=S)N/N=C/Cc1ccc2ccc3cccc4ccc1c2c34. The first-order valence-electron chi connectivity index (χ1n) is 7.46. The molecule has 0 radical (unpaired) electrons. The summed E-state index contributed by atoms with van der Waals surface area (Å²) in [4.78, 5) is 0. The molecule has 0 bridgehead atoms. The van der Waals surface area contributed by atoms with E-state index in [1.165, 1.54) is 37.9 Å². The molecule has 0 aromatic heterocycles. The van der Waals surface area contributed by atoms with Crippen LogP contribution in [0.5, 0.6) is 0 Å². The average Bonchev–Trinajstić information content (AvgIpc) is 2.57. The zero-order valence-electron chi connectivity index (χ0n) is 12.4. The van der Waals surface area contributed by atoms with E-state index in [2.05, 4.69) is 65.1 Å². The molecule has 112 valence electrons. The third kappa shape index (κ3) is 2.37. The smallest absolute Gasteiger partial charge is 0.184 e. The minimum absolute atomic E-state index is 0.177. The van der Waals surface area contributed by atoms with Crippen molar-refractivity contribution >= 4 is 55.9 Å². The first-order valence-corrected chi connectivity index (χ1v) is 7.87. The second-order valence-corrected chi connectivity index (χ2v) is 6.01. The van der Waals surface area contributed by atoms with Crippen molar-refractivity contribution in [3.8, 4) is 0 Å². The first-order chi connectivity index (χ1) is 11.2. The van der Waals surface area contributed by atoms with E-state index in [1.807, 2.05) is 0 Å². The zero-order valence-corrected chi connectivity index (χ0v) is 13.2. The molecule has 0 saturated carbocycles. The molecule has 4 aromatic rings. The number of nitrogens with zero attached hydrogens (tertiary/aromatic N) is 1. The van der Waals surface area contributed by atoms with Crippen molar-refractivity contribution in [2.24, 2.45) is 10.8 Å². The van der Waals surface area contributed by atoms with Gasteiger partial charge in [-0.3, -0.25) is 5.43 Å². The maximum Gasteiger partial charge on any atom is 0.184 e. The molecule has 3 nitrogen and oxygen atoms in total. The summed E-state index contributed by atoms with van der Waals surface area (Å²) in [6.45, 7) is 0. The number of hydrogen-bond acceptors (Lipinski definition) is 2. The van der Waals surface area contributed by atoms with Gasteiger partial charge in [-0.1, -0.05) is 54.6 Å². The number of benzene rings is 4. The summed E-state index contributed by atoms with van der Waals surface area (Å²) in [5.41, 5.74) is 9.20. The Kier molecular flexibility index (Phi) is 3.32. The van der Waals surface area contributed by atoms with Crippen molar-refractivity contribution in [1.82, 2.24) is 5.43 Å². The van der Waals surface area contributed by atoms with Crippen LogP contribution in [0.2, 0.25) is 0 Å². The number of hydrogen-bond donors (Lipinski definition) is 2. The number of thiocarbonyl (C=S) groups is 1. The normalized spacial score (nSPS) is 11.8.